The first kappa shape index (κ1) is 9.52. The molecule has 0 radical (unpaired) electrons. The summed E-state index contributed by atoms with van der Waals surface area (Å²) in [5.41, 5.74) is 0. The van der Waals surface area contributed by atoms with Crippen molar-refractivity contribution in [3.63, 3.8) is 0 Å². The summed E-state index contributed by atoms with van der Waals surface area (Å²) in [6, 6.07) is 0. The first-order valence-corrected chi connectivity index (χ1v) is 5.13. The van der Waals surface area contributed by atoms with Gasteiger partial charge in [-0.25, -0.2) is 4.98 Å². The maximum absolute atomic E-state index is 4.35. The Bertz CT molecular complexity index is 242. The van der Waals surface area contributed by atoms with Crippen LogP contribution in [-0.2, 0) is 0 Å². The fourth-order valence-electron chi connectivity index (χ4n) is 0.856. The van der Waals surface area contributed by atoms with Crippen molar-refractivity contribution < 1.29 is 0 Å². The van der Waals surface area contributed by atoms with Crippen LogP contribution in [0.25, 0.3) is 0 Å². The summed E-state index contributed by atoms with van der Waals surface area (Å²) in [6.07, 6.45) is 1.98. The molecule has 1 heterocycles. The van der Waals surface area contributed by atoms with Crippen LogP contribution in [0.1, 0.15) is 31.6 Å². The molecule has 1 aromatic heterocycles. The number of aromatic nitrogens is 1. The molecule has 1 aromatic rings. The largest absolute Gasteiger partial charge is 0.351 e. The van der Waals surface area contributed by atoms with Gasteiger partial charge in [-0.15, -0.1) is 11.3 Å². The number of hydrogen-bond donors (Lipinski definition) is 0. The van der Waals surface area contributed by atoms with Crippen LogP contribution < -0.4 is 4.90 Å². The van der Waals surface area contributed by atoms with E-state index in [4.69, 9.17) is 0 Å². The Morgan fingerprint density at radius 1 is 1.58 bits per heavy atom. The van der Waals surface area contributed by atoms with E-state index in [-0.39, 0.29) is 0 Å². The van der Waals surface area contributed by atoms with Crippen LogP contribution in [0, 0.1) is 0 Å². The molecule has 0 aliphatic heterocycles. The summed E-state index contributed by atoms with van der Waals surface area (Å²) in [4.78, 5) is 7.88. The molecule has 1 rings (SSSR count). The molecule has 0 aromatic carbocycles. The second-order valence-corrected chi connectivity index (χ2v) is 4.25. The van der Waals surface area contributed by atoms with Crippen molar-refractivity contribution in [2.24, 2.45) is 0 Å². The number of anilines is 1. The molecule has 0 N–H and O–H groups in total. The molecule has 0 amide bonds. The van der Waals surface area contributed by atoms with Crippen molar-refractivity contribution in [2.45, 2.75) is 26.7 Å². The number of nitrogens with zero attached hydrogens (tertiary/aromatic N) is 2. The summed E-state index contributed by atoms with van der Waals surface area (Å²) < 4.78 is 0. The van der Waals surface area contributed by atoms with Gasteiger partial charge in [-0.3, -0.25) is 0 Å². The maximum Gasteiger partial charge on any atom is 0.185 e. The lowest BCUT2D eigenvalue weighted by Crippen LogP contribution is -2.14. The second kappa shape index (κ2) is 3.90. The Balaban J connectivity index is 2.77. The van der Waals surface area contributed by atoms with Crippen molar-refractivity contribution in [3.8, 4) is 0 Å². The summed E-state index contributed by atoms with van der Waals surface area (Å²) in [5.74, 6) is 0.599. The van der Waals surface area contributed by atoms with Crippen LogP contribution in [0.2, 0.25) is 0 Å². The van der Waals surface area contributed by atoms with Gasteiger partial charge in [0, 0.05) is 24.7 Å². The van der Waals surface area contributed by atoms with Gasteiger partial charge >= 0.3 is 0 Å². The minimum atomic E-state index is 0.599. The first-order valence-electron chi connectivity index (χ1n) is 4.32. The fourth-order valence-corrected chi connectivity index (χ4v) is 1.80. The summed E-state index contributed by atoms with van der Waals surface area (Å²) in [5, 5.41) is 1.13. The average molecular weight is 184 g/mol. The molecule has 0 fully saturated rings. The molecule has 2 nitrogen and oxygen atoms in total. The lowest BCUT2D eigenvalue weighted by molar-refractivity contribution is 0.885. The molecule has 0 saturated carbocycles. The molecular weight excluding hydrogens is 168 g/mol. The molecule has 0 unspecified atom stereocenters. The average Bonchev–Trinajstić information content (AvgIpc) is 2.51. The molecule has 3 heteroatoms. The van der Waals surface area contributed by atoms with Gasteiger partial charge in [0.25, 0.3) is 0 Å². The van der Waals surface area contributed by atoms with E-state index in [0.717, 1.165) is 11.7 Å². The zero-order valence-electron chi connectivity index (χ0n) is 8.16. The topological polar surface area (TPSA) is 16.1 Å². The Labute approximate surface area is 78.2 Å². The van der Waals surface area contributed by atoms with Gasteiger partial charge in [-0.1, -0.05) is 13.8 Å². The summed E-state index contributed by atoms with van der Waals surface area (Å²) in [6.45, 7) is 7.55. The van der Waals surface area contributed by atoms with Crippen molar-refractivity contribution >= 4 is 16.5 Å². The SMILES string of the molecule is CCN(C)c1ncc(C(C)C)s1. The number of thiazole rings is 1. The molecular formula is C9H16N2S. The van der Waals surface area contributed by atoms with Gasteiger partial charge in [0.1, 0.15) is 0 Å². The number of rotatable bonds is 3. The van der Waals surface area contributed by atoms with Gasteiger partial charge in [0.05, 0.1) is 0 Å². The fraction of sp³-hybridized carbons (Fsp3) is 0.667. The van der Waals surface area contributed by atoms with Crippen LogP contribution in [0.4, 0.5) is 5.13 Å². The zero-order valence-corrected chi connectivity index (χ0v) is 8.98. The first-order chi connectivity index (χ1) is 5.65. The molecule has 0 bridgehead atoms. The predicted molar refractivity (Wildman–Crippen MR) is 55.1 cm³/mol. The quantitative estimate of drug-likeness (QED) is 0.718. The van der Waals surface area contributed by atoms with Crippen molar-refractivity contribution in [2.75, 3.05) is 18.5 Å². The third-order valence-electron chi connectivity index (χ3n) is 1.88. The maximum atomic E-state index is 4.35. The Kier molecular flexibility index (Phi) is 3.09. The van der Waals surface area contributed by atoms with Crippen LogP contribution in [0.5, 0.6) is 0 Å². The van der Waals surface area contributed by atoms with Crippen molar-refractivity contribution in [1.82, 2.24) is 4.98 Å². The van der Waals surface area contributed by atoms with Gasteiger partial charge in [0.15, 0.2) is 5.13 Å². The highest BCUT2D eigenvalue weighted by molar-refractivity contribution is 7.15. The van der Waals surface area contributed by atoms with E-state index >= 15 is 0 Å². The highest BCUT2D eigenvalue weighted by Crippen LogP contribution is 2.26. The smallest absolute Gasteiger partial charge is 0.185 e. The van der Waals surface area contributed by atoms with E-state index in [1.165, 1.54) is 4.88 Å². The van der Waals surface area contributed by atoms with E-state index in [0.29, 0.717) is 5.92 Å². The summed E-state index contributed by atoms with van der Waals surface area (Å²) >= 11 is 1.79. The van der Waals surface area contributed by atoms with E-state index in [9.17, 15) is 0 Å². The monoisotopic (exact) mass is 184 g/mol. The van der Waals surface area contributed by atoms with Crippen molar-refractivity contribution in [1.29, 1.82) is 0 Å². The van der Waals surface area contributed by atoms with Gasteiger partial charge in [-0.05, 0) is 12.8 Å². The third-order valence-corrected chi connectivity index (χ3v) is 3.29. The minimum Gasteiger partial charge on any atom is -0.351 e. The second-order valence-electron chi connectivity index (χ2n) is 3.21. The Morgan fingerprint density at radius 3 is 2.67 bits per heavy atom. The Morgan fingerprint density at radius 2 is 2.25 bits per heavy atom. The standard InChI is InChI=1S/C9H16N2S/c1-5-11(4)9-10-6-8(12-9)7(2)3/h6-7H,5H2,1-4H3. The third kappa shape index (κ3) is 1.97. The zero-order chi connectivity index (χ0) is 9.14. The van der Waals surface area contributed by atoms with Crippen LogP contribution in [0.3, 0.4) is 0 Å². The molecule has 0 aliphatic rings. The molecule has 68 valence electrons. The Hall–Kier alpha value is -0.570. The lowest BCUT2D eigenvalue weighted by Gasteiger charge is -2.11. The molecule has 0 atom stereocenters. The highest BCUT2D eigenvalue weighted by atomic mass is 32.1. The van der Waals surface area contributed by atoms with Crippen molar-refractivity contribution in [3.05, 3.63) is 11.1 Å². The van der Waals surface area contributed by atoms with E-state index in [2.05, 4.69) is 37.7 Å². The number of hydrogen-bond acceptors (Lipinski definition) is 3. The molecule has 0 saturated heterocycles. The van der Waals surface area contributed by atoms with Gasteiger partial charge in [-0.2, -0.15) is 0 Å². The van der Waals surface area contributed by atoms with E-state index in [1.807, 2.05) is 6.20 Å². The predicted octanol–water partition coefficient (Wildman–Crippen LogP) is 2.72. The van der Waals surface area contributed by atoms with Gasteiger partial charge < -0.3 is 4.90 Å². The van der Waals surface area contributed by atoms with Crippen LogP contribution in [0.15, 0.2) is 6.20 Å². The summed E-state index contributed by atoms with van der Waals surface area (Å²) in [7, 11) is 2.07. The minimum absolute atomic E-state index is 0.599. The van der Waals surface area contributed by atoms with E-state index in [1.54, 1.807) is 11.3 Å². The van der Waals surface area contributed by atoms with Crippen LogP contribution in [-0.4, -0.2) is 18.6 Å². The van der Waals surface area contributed by atoms with Gasteiger partial charge in [0.2, 0.25) is 0 Å². The molecule has 0 aliphatic carbocycles. The highest BCUT2D eigenvalue weighted by Gasteiger charge is 2.07. The normalized spacial score (nSPS) is 10.8. The molecule has 12 heavy (non-hydrogen) atoms. The molecule has 0 spiro atoms. The van der Waals surface area contributed by atoms with Crippen LogP contribution >= 0.6 is 11.3 Å². The van der Waals surface area contributed by atoms with E-state index < -0.39 is 0 Å². The lowest BCUT2D eigenvalue weighted by atomic mass is 10.2.